The highest BCUT2D eigenvalue weighted by atomic mass is 35.5. The van der Waals surface area contributed by atoms with Gasteiger partial charge in [0.25, 0.3) is 17.5 Å². The Morgan fingerprint density at radius 2 is 1.57 bits per heavy atom. The first-order valence-electron chi connectivity index (χ1n) is 12.3. The first kappa shape index (κ1) is 28.1. The number of benzene rings is 4. The van der Waals surface area contributed by atoms with Crippen LogP contribution in [0.2, 0.25) is 5.02 Å². The van der Waals surface area contributed by atoms with Crippen LogP contribution in [0.4, 0.5) is 11.4 Å². The minimum atomic E-state index is -0.742. The number of hydrogen-bond donors (Lipinski definition) is 2. The number of hydrazone groups is 1. The van der Waals surface area contributed by atoms with Crippen LogP contribution in [0.25, 0.3) is 10.1 Å². The van der Waals surface area contributed by atoms with Crippen molar-refractivity contribution < 1.29 is 24.0 Å². The SMILES string of the molecule is O=C(N/N=C\c1ccccc1OC(=O)c1sc2cc([N+](=O)[O-])ccc2c1Cl)c1ccc(NC(=O)c2ccccc2)cc1. The zero-order chi connectivity index (χ0) is 29.6. The fourth-order valence-corrected chi connectivity index (χ4v) is 5.27. The summed E-state index contributed by atoms with van der Waals surface area (Å²) in [6, 6.07) is 25.7. The van der Waals surface area contributed by atoms with Crippen molar-refractivity contribution in [1.82, 2.24) is 5.43 Å². The topological polar surface area (TPSA) is 140 Å². The lowest BCUT2D eigenvalue weighted by molar-refractivity contribution is -0.384. The molecule has 0 unspecified atom stereocenters. The summed E-state index contributed by atoms with van der Waals surface area (Å²) in [5.74, 6) is -1.34. The second-order valence-corrected chi connectivity index (χ2v) is 10.1. The van der Waals surface area contributed by atoms with E-state index >= 15 is 0 Å². The molecular weight excluding hydrogens is 580 g/mol. The maximum atomic E-state index is 12.9. The van der Waals surface area contributed by atoms with Crippen LogP contribution in [0.5, 0.6) is 5.75 Å². The highest BCUT2D eigenvalue weighted by molar-refractivity contribution is 7.21. The molecule has 0 aliphatic carbocycles. The van der Waals surface area contributed by atoms with Crippen molar-refractivity contribution in [1.29, 1.82) is 0 Å². The van der Waals surface area contributed by atoms with Crippen molar-refractivity contribution in [2.45, 2.75) is 0 Å². The van der Waals surface area contributed by atoms with Gasteiger partial charge in [0.05, 0.1) is 16.2 Å². The number of halogens is 1. The van der Waals surface area contributed by atoms with Gasteiger partial charge in [-0.15, -0.1) is 11.3 Å². The first-order chi connectivity index (χ1) is 20.3. The lowest BCUT2D eigenvalue weighted by atomic mass is 10.1. The smallest absolute Gasteiger partial charge is 0.355 e. The Hall–Kier alpha value is -5.39. The maximum Gasteiger partial charge on any atom is 0.355 e. The number of nitrogens with zero attached hydrogens (tertiary/aromatic N) is 2. The molecule has 0 aliphatic rings. The number of carbonyl (C=O) groups excluding carboxylic acids is 3. The van der Waals surface area contributed by atoms with Gasteiger partial charge in [-0.05, 0) is 54.6 Å². The molecule has 5 aromatic rings. The zero-order valence-electron chi connectivity index (χ0n) is 21.4. The predicted octanol–water partition coefficient (Wildman–Crippen LogP) is 6.70. The Morgan fingerprint density at radius 1 is 0.881 bits per heavy atom. The number of non-ortho nitro benzene ring substituents is 1. The molecule has 10 nitrogen and oxygen atoms in total. The van der Waals surface area contributed by atoms with Crippen LogP contribution in [0.1, 0.15) is 36.0 Å². The second kappa shape index (κ2) is 12.4. The van der Waals surface area contributed by atoms with Crippen LogP contribution in [0.15, 0.2) is 102 Å². The molecule has 0 saturated heterocycles. The molecule has 0 saturated carbocycles. The van der Waals surface area contributed by atoms with E-state index in [1.54, 1.807) is 72.8 Å². The van der Waals surface area contributed by atoms with E-state index in [2.05, 4.69) is 15.8 Å². The van der Waals surface area contributed by atoms with E-state index in [0.29, 0.717) is 32.5 Å². The third-order valence-corrected chi connectivity index (χ3v) is 7.58. The molecule has 2 N–H and O–H groups in total. The Labute approximate surface area is 247 Å². The number of fused-ring (bicyclic) bond motifs is 1. The third-order valence-electron chi connectivity index (χ3n) is 5.94. The predicted molar refractivity (Wildman–Crippen MR) is 161 cm³/mol. The number of nitro benzene ring substituents is 1. The summed E-state index contributed by atoms with van der Waals surface area (Å²) in [6.45, 7) is 0. The molecule has 0 bridgehead atoms. The van der Waals surface area contributed by atoms with Gasteiger partial charge in [0, 0.05) is 44.6 Å². The van der Waals surface area contributed by atoms with Crippen LogP contribution in [0.3, 0.4) is 0 Å². The number of rotatable bonds is 8. The number of nitro groups is 1. The molecule has 208 valence electrons. The van der Waals surface area contributed by atoms with E-state index in [1.807, 2.05) is 6.07 Å². The summed E-state index contributed by atoms with van der Waals surface area (Å²) in [5.41, 5.74) is 4.05. The Bertz CT molecular complexity index is 1860. The Kier molecular flexibility index (Phi) is 8.32. The molecule has 5 rings (SSSR count). The Balaban J connectivity index is 1.23. The van der Waals surface area contributed by atoms with Gasteiger partial charge < -0.3 is 10.1 Å². The normalized spacial score (nSPS) is 10.9. The van der Waals surface area contributed by atoms with Gasteiger partial charge in [-0.25, -0.2) is 10.2 Å². The molecule has 12 heteroatoms. The van der Waals surface area contributed by atoms with Crippen LogP contribution >= 0.6 is 22.9 Å². The van der Waals surface area contributed by atoms with Gasteiger partial charge in [0.15, 0.2) is 0 Å². The van der Waals surface area contributed by atoms with Crippen molar-refractivity contribution in [2.24, 2.45) is 5.10 Å². The standard InChI is InChI=1S/C30H19ClN4O6S/c31-26-23-15-14-22(35(39)40)16-25(23)42-27(26)30(38)41-24-9-5-4-8-20(24)17-32-34-29(37)19-10-12-21(13-11-19)33-28(36)18-6-2-1-3-7-18/h1-17H,(H,33,36)(H,34,37)/b32-17-. The van der Waals surface area contributed by atoms with Gasteiger partial charge >= 0.3 is 5.97 Å². The largest absolute Gasteiger partial charge is 0.422 e. The molecular formula is C30H19ClN4O6S. The quantitative estimate of drug-likeness (QED) is 0.0669. The minimum absolute atomic E-state index is 0.0932. The summed E-state index contributed by atoms with van der Waals surface area (Å²) in [6.07, 6.45) is 1.32. The van der Waals surface area contributed by atoms with Crippen molar-refractivity contribution >= 4 is 68.4 Å². The fourth-order valence-electron chi connectivity index (χ4n) is 3.85. The fraction of sp³-hybridized carbons (Fsp3) is 0. The third kappa shape index (κ3) is 6.33. The molecule has 0 aliphatic heterocycles. The van der Waals surface area contributed by atoms with Gasteiger partial charge in [-0.2, -0.15) is 5.10 Å². The number of thiophene rings is 1. The lowest BCUT2D eigenvalue weighted by Gasteiger charge is -2.07. The number of amides is 2. The number of nitrogens with one attached hydrogen (secondary N) is 2. The van der Waals surface area contributed by atoms with Crippen molar-refractivity contribution in [2.75, 3.05) is 5.32 Å². The number of ether oxygens (including phenoxy) is 1. The average Bonchev–Trinajstić information content (AvgIpc) is 3.34. The van der Waals surface area contributed by atoms with Crippen LogP contribution < -0.4 is 15.5 Å². The number of para-hydroxylation sites is 1. The van der Waals surface area contributed by atoms with Gasteiger partial charge in [0.2, 0.25) is 0 Å². The summed E-state index contributed by atoms with van der Waals surface area (Å²) >= 11 is 7.36. The van der Waals surface area contributed by atoms with Crippen molar-refractivity contribution in [3.05, 3.63) is 134 Å². The minimum Gasteiger partial charge on any atom is -0.422 e. The molecule has 0 fully saturated rings. The molecule has 2 amide bonds. The van der Waals surface area contributed by atoms with E-state index in [1.165, 1.54) is 24.4 Å². The van der Waals surface area contributed by atoms with E-state index in [0.717, 1.165) is 11.3 Å². The van der Waals surface area contributed by atoms with Crippen molar-refractivity contribution in [3.8, 4) is 5.75 Å². The van der Waals surface area contributed by atoms with E-state index in [-0.39, 0.29) is 27.2 Å². The van der Waals surface area contributed by atoms with Crippen molar-refractivity contribution in [3.63, 3.8) is 0 Å². The number of anilines is 1. The van der Waals surface area contributed by atoms with E-state index < -0.39 is 16.8 Å². The average molecular weight is 599 g/mol. The van der Waals surface area contributed by atoms with Crippen LogP contribution in [0, 0.1) is 10.1 Å². The monoisotopic (exact) mass is 598 g/mol. The molecule has 0 radical (unpaired) electrons. The summed E-state index contributed by atoms with van der Waals surface area (Å²) in [4.78, 5) is 48.5. The molecule has 1 aromatic heterocycles. The highest BCUT2D eigenvalue weighted by Gasteiger charge is 2.21. The molecule has 4 aromatic carbocycles. The molecule has 42 heavy (non-hydrogen) atoms. The highest BCUT2D eigenvalue weighted by Crippen LogP contribution is 2.38. The van der Waals surface area contributed by atoms with E-state index in [4.69, 9.17) is 16.3 Å². The zero-order valence-corrected chi connectivity index (χ0v) is 23.0. The van der Waals surface area contributed by atoms with Crippen LogP contribution in [-0.2, 0) is 0 Å². The first-order valence-corrected chi connectivity index (χ1v) is 13.5. The second-order valence-electron chi connectivity index (χ2n) is 8.71. The van der Waals surface area contributed by atoms with Gasteiger partial charge in [0.1, 0.15) is 10.6 Å². The number of carbonyl (C=O) groups is 3. The summed E-state index contributed by atoms with van der Waals surface area (Å²) < 4.78 is 6.03. The Morgan fingerprint density at radius 3 is 2.31 bits per heavy atom. The number of esters is 1. The maximum absolute atomic E-state index is 12.9. The number of hydrogen-bond acceptors (Lipinski definition) is 8. The van der Waals surface area contributed by atoms with Gasteiger partial charge in [-0.1, -0.05) is 41.9 Å². The lowest BCUT2D eigenvalue weighted by Crippen LogP contribution is -2.18. The molecule has 0 atom stereocenters. The van der Waals surface area contributed by atoms with E-state index in [9.17, 15) is 24.5 Å². The summed E-state index contributed by atoms with van der Waals surface area (Å²) in [5, 5.41) is 18.5. The summed E-state index contributed by atoms with van der Waals surface area (Å²) in [7, 11) is 0. The van der Waals surface area contributed by atoms with Gasteiger partial charge in [-0.3, -0.25) is 19.7 Å². The molecule has 0 spiro atoms. The molecule has 1 heterocycles. The van der Waals surface area contributed by atoms with Crippen LogP contribution in [-0.4, -0.2) is 28.9 Å².